The van der Waals surface area contributed by atoms with Gasteiger partial charge in [-0.1, -0.05) is 26.8 Å². The molecule has 0 aromatic heterocycles. The summed E-state index contributed by atoms with van der Waals surface area (Å²) in [6, 6.07) is 0. The van der Waals surface area contributed by atoms with E-state index in [0.717, 1.165) is 18.4 Å². The van der Waals surface area contributed by atoms with Crippen LogP contribution in [0.25, 0.3) is 0 Å². The third kappa shape index (κ3) is 4.51. The number of allylic oxidation sites excluding steroid dienone is 1. The molecule has 0 aliphatic heterocycles. The molecule has 1 aliphatic rings. The number of rotatable bonds is 5. The SMILES string of the molecule is CCC(=O)OCC(=O)OC(C)C1=CC(C)(C)CC1. The fourth-order valence-electron chi connectivity index (χ4n) is 1.98. The molecule has 1 aliphatic carbocycles. The van der Waals surface area contributed by atoms with E-state index in [1.54, 1.807) is 6.92 Å². The van der Waals surface area contributed by atoms with Crippen LogP contribution in [0, 0.1) is 5.41 Å². The lowest BCUT2D eigenvalue weighted by atomic mass is 9.94. The van der Waals surface area contributed by atoms with Crippen molar-refractivity contribution in [3.8, 4) is 0 Å². The van der Waals surface area contributed by atoms with Crippen molar-refractivity contribution in [1.82, 2.24) is 0 Å². The van der Waals surface area contributed by atoms with Gasteiger partial charge in [0.2, 0.25) is 0 Å². The first-order valence-corrected chi connectivity index (χ1v) is 6.41. The maximum absolute atomic E-state index is 11.5. The summed E-state index contributed by atoms with van der Waals surface area (Å²) >= 11 is 0. The normalized spacial score (nSPS) is 19.0. The lowest BCUT2D eigenvalue weighted by Gasteiger charge is -2.14. The lowest BCUT2D eigenvalue weighted by molar-refractivity contribution is -0.160. The summed E-state index contributed by atoms with van der Waals surface area (Å²) in [5, 5.41) is 0. The van der Waals surface area contributed by atoms with E-state index in [-0.39, 0.29) is 30.5 Å². The maximum Gasteiger partial charge on any atom is 0.344 e. The molecule has 4 nitrogen and oxygen atoms in total. The summed E-state index contributed by atoms with van der Waals surface area (Å²) in [7, 11) is 0. The molecule has 1 atom stereocenters. The molecule has 0 amide bonds. The highest BCUT2D eigenvalue weighted by molar-refractivity contribution is 5.76. The van der Waals surface area contributed by atoms with Crippen molar-refractivity contribution in [3.63, 3.8) is 0 Å². The largest absolute Gasteiger partial charge is 0.456 e. The van der Waals surface area contributed by atoms with Crippen molar-refractivity contribution in [1.29, 1.82) is 0 Å². The van der Waals surface area contributed by atoms with Crippen LogP contribution in [0.15, 0.2) is 11.6 Å². The predicted molar refractivity (Wildman–Crippen MR) is 67.9 cm³/mol. The Morgan fingerprint density at radius 2 is 2.06 bits per heavy atom. The highest BCUT2D eigenvalue weighted by atomic mass is 16.6. The van der Waals surface area contributed by atoms with Crippen LogP contribution in [0.1, 0.15) is 47.0 Å². The molecule has 0 fully saturated rings. The van der Waals surface area contributed by atoms with Gasteiger partial charge in [-0.15, -0.1) is 0 Å². The average Bonchev–Trinajstić information content (AvgIpc) is 2.66. The second kappa shape index (κ2) is 6.03. The first kappa shape index (κ1) is 14.7. The highest BCUT2D eigenvalue weighted by Gasteiger charge is 2.27. The summed E-state index contributed by atoms with van der Waals surface area (Å²) in [5.41, 5.74) is 1.33. The van der Waals surface area contributed by atoms with Crippen LogP contribution in [0.2, 0.25) is 0 Å². The molecule has 0 saturated carbocycles. The average molecular weight is 254 g/mol. The first-order chi connectivity index (χ1) is 8.34. The van der Waals surface area contributed by atoms with Gasteiger partial charge in [0, 0.05) is 6.42 Å². The smallest absolute Gasteiger partial charge is 0.344 e. The molecule has 1 rings (SSSR count). The molecule has 1 unspecified atom stereocenters. The molecule has 102 valence electrons. The molecule has 0 bridgehead atoms. The highest BCUT2D eigenvalue weighted by Crippen LogP contribution is 2.36. The van der Waals surface area contributed by atoms with Gasteiger partial charge in [-0.25, -0.2) is 4.79 Å². The van der Waals surface area contributed by atoms with Crippen LogP contribution >= 0.6 is 0 Å². The van der Waals surface area contributed by atoms with Crippen molar-refractivity contribution in [3.05, 3.63) is 11.6 Å². The third-order valence-electron chi connectivity index (χ3n) is 3.10. The monoisotopic (exact) mass is 254 g/mol. The summed E-state index contributed by atoms with van der Waals surface area (Å²) in [6.45, 7) is 7.57. The van der Waals surface area contributed by atoms with Crippen LogP contribution in [-0.2, 0) is 19.1 Å². The molecule has 0 N–H and O–H groups in total. The van der Waals surface area contributed by atoms with Crippen molar-refractivity contribution < 1.29 is 19.1 Å². The minimum atomic E-state index is -0.491. The Bertz CT molecular complexity index is 355. The van der Waals surface area contributed by atoms with Gasteiger partial charge < -0.3 is 9.47 Å². The second-order valence-electron chi connectivity index (χ2n) is 5.35. The quantitative estimate of drug-likeness (QED) is 0.559. The standard InChI is InChI=1S/C14H22O4/c1-5-12(15)17-9-13(16)18-10(2)11-6-7-14(3,4)8-11/h8,10H,5-7,9H2,1-4H3. The van der Waals surface area contributed by atoms with Gasteiger partial charge in [-0.2, -0.15) is 0 Å². The fraction of sp³-hybridized carbons (Fsp3) is 0.714. The van der Waals surface area contributed by atoms with Crippen molar-refractivity contribution in [2.45, 2.75) is 53.1 Å². The molecular formula is C14H22O4. The van der Waals surface area contributed by atoms with E-state index >= 15 is 0 Å². The number of carbonyl (C=O) groups is 2. The zero-order valence-electron chi connectivity index (χ0n) is 11.6. The van der Waals surface area contributed by atoms with Crippen LogP contribution in [0.5, 0.6) is 0 Å². The molecule has 0 aromatic rings. The van der Waals surface area contributed by atoms with Crippen LogP contribution in [-0.4, -0.2) is 24.6 Å². The molecule has 4 heteroatoms. The number of carbonyl (C=O) groups excluding carboxylic acids is 2. The summed E-state index contributed by atoms with van der Waals surface area (Å²) in [5.74, 6) is -0.879. The lowest BCUT2D eigenvalue weighted by Crippen LogP contribution is -2.22. The zero-order chi connectivity index (χ0) is 13.8. The maximum atomic E-state index is 11.5. The van der Waals surface area contributed by atoms with Crippen LogP contribution in [0.4, 0.5) is 0 Å². The first-order valence-electron chi connectivity index (χ1n) is 6.41. The third-order valence-corrected chi connectivity index (χ3v) is 3.10. The number of esters is 2. The number of hydrogen-bond acceptors (Lipinski definition) is 4. The van der Waals surface area contributed by atoms with E-state index in [0.29, 0.717) is 0 Å². The Labute approximate surface area is 108 Å². The van der Waals surface area contributed by atoms with E-state index in [4.69, 9.17) is 9.47 Å². The van der Waals surface area contributed by atoms with Crippen LogP contribution in [0.3, 0.4) is 0 Å². The van der Waals surface area contributed by atoms with E-state index < -0.39 is 5.97 Å². The summed E-state index contributed by atoms with van der Waals surface area (Å²) in [4.78, 5) is 22.4. The van der Waals surface area contributed by atoms with E-state index in [1.807, 2.05) is 6.92 Å². The van der Waals surface area contributed by atoms with Gasteiger partial charge in [0.25, 0.3) is 0 Å². The Kier molecular flexibility index (Phi) is 4.93. The van der Waals surface area contributed by atoms with Crippen molar-refractivity contribution in [2.75, 3.05) is 6.61 Å². The van der Waals surface area contributed by atoms with Gasteiger partial charge in [0.15, 0.2) is 6.61 Å². The summed E-state index contributed by atoms with van der Waals surface area (Å²) < 4.78 is 9.96. The zero-order valence-corrected chi connectivity index (χ0v) is 11.6. The Hall–Kier alpha value is -1.32. The number of hydrogen-bond donors (Lipinski definition) is 0. The molecule has 0 heterocycles. The van der Waals surface area contributed by atoms with Gasteiger partial charge >= 0.3 is 11.9 Å². The molecule has 0 radical (unpaired) electrons. The topological polar surface area (TPSA) is 52.6 Å². The molecule has 18 heavy (non-hydrogen) atoms. The van der Waals surface area contributed by atoms with Crippen LogP contribution < -0.4 is 0 Å². The van der Waals surface area contributed by atoms with Gasteiger partial charge in [0.05, 0.1) is 0 Å². The predicted octanol–water partition coefficient (Wildman–Crippen LogP) is 2.62. The Morgan fingerprint density at radius 3 is 2.56 bits per heavy atom. The minimum absolute atomic E-state index is 0.185. The Morgan fingerprint density at radius 1 is 1.39 bits per heavy atom. The van der Waals surface area contributed by atoms with Gasteiger partial charge in [-0.3, -0.25) is 4.79 Å². The van der Waals surface area contributed by atoms with E-state index in [9.17, 15) is 9.59 Å². The molecule has 0 aromatic carbocycles. The molecular weight excluding hydrogens is 232 g/mol. The second-order valence-corrected chi connectivity index (χ2v) is 5.35. The van der Waals surface area contributed by atoms with Crippen molar-refractivity contribution >= 4 is 11.9 Å². The van der Waals surface area contributed by atoms with Crippen molar-refractivity contribution in [2.24, 2.45) is 5.41 Å². The summed E-state index contributed by atoms with van der Waals surface area (Å²) in [6.07, 6.45) is 4.23. The molecule has 0 saturated heterocycles. The van der Waals surface area contributed by atoms with E-state index in [2.05, 4.69) is 19.9 Å². The minimum Gasteiger partial charge on any atom is -0.456 e. The fourth-order valence-corrected chi connectivity index (χ4v) is 1.98. The van der Waals surface area contributed by atoms with Gasteiger partial charge in [0.1, 0.15) is 6.10 Å². The van der Waals surface area contributed by atoms with Gasteiger partial charge in [-0.05, 0) is 30.8 Å². The van der Waals surface area contributed by atoms with E-state index in [1.165, 1.54) is 0 Å². The molecule has 0 spiro atoms. The number of ether oxygens (including phenoxy) is 2. The Balaban J connectivity index is 2.39.